The number of amides is 1. The van der Waals surface area contributed by atoms with Gasteiger partial charge in [0.05, 0.1) is 35.4 Å². The number of hydrogen-bond acceptors (Lipinski definition) is 3. The van der Waals surface area contributed by atoms with Crippen molar-refractivity contribution in [2.45, 2.75) is 33.7 Å². The van der Waals surface area contributed by atoms with E-state index in [-0.39, 0.29) is 5.91 Å². The summed E-state index contributed by atoms with van der Waals surface area (Å²) in [5.41, 5.74) is 3.10. The quantitative estimate of drug-likeness (QED) is 0.691. The van der Waals surface area contributed by atoms with E-state index in [2.05, 4.69) is 19.2 Å². The third-order valence-electron chi connectivity index (χ3n) is 4.09. The van der Waals surface area contributed by atoms with Crippen LogP contribution >= 0.6 is 11.6 Å². The molecule has 6 heteroatoms. The molecule has 1 amide bonds. The third kappa shape index (κ3) is 3.99. The summed E-state index contributed by atoms with van der Waals surface area (Å²) in [6, 6.07) is 11.1. The number of benzene rings is 1. The summed E-state index contributed by atoms with van der Waals surface area (Å²) in [5, 5.41) is 8.29. The summed E-state index contributed by atoms with van der Waals surface area (Å²) in [6.45, 7) is 6.48. The largest absolute Gasteiger partial charge is 0.467 e. The smallest absolute Gasteiger partial charge is 0.255 e. The van der Waals surface area contributed by atoms with Gasteiger partial charge in [0.15, 0.2) is 0 Å². The number of nitrogens with zero attached hydrogens (tertiary/aromatic N) is 2. The van der Waals surface area contributed by atoms with Crippen LogP contribution < -0.4 is 5.32 Å². The van der Waals surface area contributed by atoms with Crippen molar-refractivity contribution in [1.82, 2.24) is 15.1 Å². The number of rotatable bonds is 6. The van der Waals surface area contributed by atoms with E-state index in [0.29, 0.717) is 28.8 Å². The third-order valence-corrected chi connectivity index (χ3v) is 4.34. The molecule has 136 valence electrons. The Labute approximate surface area is 158 Å². The molecular formula is C20H22ClN3O2. The van der Waals surface area contributed by atoms with E-state index in [1.54, 1.807) is 17.0 Å². The summed E-state index contributed by atoms with van der Waals surface area (Å²) in [7, 11) is 0. The highest BCUT2D eigenvalue weighted by atomic mass is 35.5. The van der Waals surface area contributed by atoms with Crippen LogP contribution in [0.1, 0.15) is 41.4 Å². The molecule has 0 aliphatic carbocycles. The van der Waals surface area contributed by atoms with Crippen molar-refractivity contribution in [3.05, 3.63) is 70.4 Å². The zero-order valence-corrected chi connectivity index (χ0v) is 15.9. The second-order valence-electron chi connectivity index (χ2n) is 6.66. The molecule has 2 heterocycles. The summed E-state index contributed by atoms with van der Waals surface area (Å²) >= 11 is 5.98. The predicted octanol–water partition coefficient (Wildman–Crippen LogP) is 4.56. The lowest BCUT2D eigenvalue weighted by Crippen LogP contribution is -2.24. The molecule has 0 aliphatic rings. The summed E-state index contributed by atoms with van der Waals surface area (Å²) in [5.74, 6) is 0.959. The minimum atomic E-state index is -0.144. The maximum atomic E-state index is 12.8. The molecule has 26 heavy (non-hydrogen) atoms. The van der Waals surface area contributed by atoms with Crippen molar-refractivity contribution in [3.8, 4) is 5.69 Å². The average Bonchev–Trinajstić information content (AvgIpc) is 3.21. The molecule has 5 nitrogen and oxygen atoms in total. The molecule has 0 saturated heterocycles. The van der Waals surface area contributed by atoms with Gasteiger partial charge in [0.2, 0.25) is 0 Å². The Balaban J connectivity index is 1.93. The van der Waals surface area contributed by atoms with Gasteiger partial charge in [-0.1, -0.05) is 25.4 Å². The topological polar surface area (TPSA) is 60.1 Å². The van der Waals surface area contributed by atoms with Gasteiger partial charge >= 0.3 is 0 Å². The fourth-order valence-electron chi connectivity index (χ4n) is 2.89. The van der Waals surface area contributed by atoms with Gasteiger partial charge in [-0.2, -0.15) is 5.10 Å². The lowest BCUT2D eigenvalue weighted by Gasteiger charge is -2.07. The van der Waals surface area contributed by atoms with Crippen molar-refractivity contribution < 1.29 is 9.21 Å². The molecule has 0 spiro atoms. The SMILES string of the molecule is Cc1c(C(=O)NCc2ccco2)c(CC(C)C)nn1-c1ccc(Cl)cc1. The Morgan fingerprint density at radius 3 is 2.62 bits per heavy atom. The van der Waals surface area contributed by atoms with Crippen molar-refractivity contribution in [3.63, 3.8) is 0 Å². The molecule has 3 aromatic rings. The highest BCUT2D eigenvalue weighted by Crippen LogP contribution is 2.22. The summed E-state index contributed by atoms with van der Waals surface area (Å²) in [4.78, 5) is 12.8. The van der Waals surface area contributed by atoms with Crippen molar-refractivity contribution in [2.75, 3.05) is 0 Å². The van der Waals surface area contributed by atoms with Gasteiger partial charge in [0, 0.05) is 5.02 Å². The van der Waals surface area contributed by atoms with Crippen molar-refractivity contribution in [1.29, 1.82) is 0 Å². The molecule has 3 rings (SSSR count). The second kappa shape index (κ2) is 7.79. The minimum absolute atomic E-state index is 0.144. The fourth-order valence-corrected chi connectivity index (χ4v) is 3.01. The molecule has 0 saturated carbocycles. The van der Waals surface area contributed by atoms with Crippen LogP contribution in [0.3, 0.4) is 0 Å². The van der Waals surface area contributed by atoms with Crippen LogP contribution in [0.2, 0.25) is 5.02 Å². The Hall–Kier alpha value is -2.53. The number of carbonyl (C=O) groups excluding carboxylic acids is 1. The molecule has 0 atom stereocenters. The van der Waals surface area contributed by atoms with Gasteiger partial charge in [0.25, 0.3) is 5.91 Å². The van der Waals surface area contributed by atoms with Crippen LogP contribution in [0.5, 0.6) is 0 Å². The highest BCUT2D eigenvalue weighted by Gasteiger charge is 2.22. The van der Waals surface area contributed by atoms with Crippen LogP contribution in [0.4, 0.5) is 0 Å². The van der Waals surface area contributed by atoms with Gasteiger partial charge < -0.3 is 9.73 Å². The van der Waals surface area contributed by atoms with E-state index in [1.807, 2.05) is 37.3 Å². The van der Waals surface area contributed by atoms with Crippen LogP contribution in [0, 0.1) is 12.8 Å². The van der Waals surface area contributed by atoms with Gasteiger partial charge in [-0.15, -0.1) is 0 Å². The van der Waals surface area contributed by atoms with E-state index in [0.717, 1.165) is 23.5 Å². The lowest BCUT2D eigenvalue weighted by atomic mass is 10.0. The first-order chi connectivity index (χ1) is 12.5. The second-order valence-corrected chi connectivity index (χ2v) is 7.09. The lowest BCUT2D eigenvalue weighted by molar-refractivity contribution is 0.0946. The molecular weight excluding hydrogens is 350 g/mol. The van der Waals surface area contributed by atoms with E-state index < -0.39 is 0 Å². The number of aromatic nitrogens is 2. The minimum Gasteiger partial charge on any atom is -0.467 e. The molecule has 2 aromatic heterocycles. The Morgan fingerprint density at radius 1 is 1.27 bits per heavy atom. The van der Waals surface area contributed by atoms with Gasteiger partial charge in [-0.05, 0) is 55.7 Å². The van der Waals surface area contributed by atoms with E-state index >= 15 is 0 Å². The number of nitrogens with one attached hydrogen (secondary N) is 1. The number of halogens is 1. The molecule has 0 fully saturated rings. The van der Waals surface area contributed by atoms with Crippen molar-refractivity contribution >= 4 is 17.5 Å². The van der Waals surface area contributed by atoms with Crippen LogP contribution in [-0.2, 0) is 13.0 Å². The first-order valence-electron chi connectivity index (χ1n) is 8.60. The van der Waals surface area contributed by atoms with E-state index in [4.69, 9.17) is 21.1 Å². The molecule has 0 bridgehead atoms. The van der Waals surface area contributed by atoms with Gasteiger partial charge in [-0.25, -0.2) is 4.68 Å². The molecule has 0 aliphatic heterocycles. The number of hydrogen-bond donors (Lipinski definition) is 1. The van der Waals surface area contributed by atoms with E-state index in [1.165, 1.54) is 0 Å². The van der Waals surface area contributed by atoms with Crippen LogP contribution in [0.15, 0.2) is 47.1 Å². The van der Waals surface area contributed by atoms with Crippen LogP contribution in [-0.4, -0.2) is 15.7 Å². The Bertz CT molecular complexity index is 881. The highest BCUT2D eigenvalue weighted by molar-refractivity contribution is 6.30. The predicted molar refractivity (Wildman–Crippen MR) is 102 cm³/mol. The fraction of sp³-hybridized carbons (Fsp3) is 0.300. The molecule has 0 unspecified atom stereocenters. The first kappa shape index (κ1) is 18.3. The Morgan fingerprint density at radius 2 is 2.00 bits per heavy atom. The van der Waals surface area contributed by atoms with Gasteiger partial charge in [0.1, 0.15) is 5.76 Å². The normalized spacial score (nSPS) is 11.1. The monoisotopic (exact) mass is 371 g/mol. The first-order valence-corrected chi connectivity index (χ1v) is 8.98. The zero-order valence-electron chi connectivity index (χ0n) is 15.1. The average molecular weight is 372 g/mol. The maximum absolute atomic E-state index is 12.8. The van der Waals surface area contributed by atoms with Crippen molar-refractivity contribution in [2.24, 2.45) is 5.92 Å². The summed E-state index contributed by atoms with van der Waals surface area (Å²) in [6.07, 6.45) is 2.32. The standard InChI is InChI=1S/C20H22ClN3O2/c1-13(2)11-18-19(20(25)22-12-17-5-4-10-26-17)14(3)24(23-18)16-8-6-15(21)7-9-16/h4-10,13H,11-12H2,1-3H3,(H,22,25). The molecule has 1 N–H and O–H groups in total. The zero-order chi connectivity index (χ0) is 18.7. The summed E-state index contributed by atoms with van der Waals surface area (Å²) < 4.78 is 7.08. The number of carbonyl (C=O) groups is 1. The molecule has 0 radical (unpaired) electrons. The van der Waals surface area contributed by atoms with E-state index in [9.17, 15) is 4.79 Å². The Kier molecular flexibility index (Phi) is 5.47. The molecule has 1 aromatic carbocycles. The number of furan rings is 1. The van der Waals surface area contributed by atoms with Crippen LogP contribution in [0.25, 0.3) is 5.69 Å². The van der Waals surface area contributed by atoms with Gasteiger partial charge in [-0.3, -0.25) is 4.79 Å². The maximum Gasteiger partial charge on any atom is 0.255 e.